The molecule has 1 aromatic heterocycles. The first-order valence-electron chi connectivity index (χ1n) is 4.06. The summed E-state index contributed by atoms with van der Waals surface area (Å²) in [5.74, 6) is 0. The van der Waals surface area contributed by atoms with Gasteiger partial charge in [0.1, 0.15) is 6.07 Å². The number of anilines is 1. The number of hydrogen-bond donors (Lipinski definition) is 1. The van der Waals surface area contributed by atoms with Crippen LogP contribution in [0.1, 0.15) is 5.69 Å². The Balaban J connectivity index is 2.46. The van der Waals surface area contributed by atoms with Crippen molar-refractivity contribution in [3.63, 3.8) is 0 Å². The van der Waals surface area contributed by atoms with Crippen LogP contribution < -0.4 is 9.81 Å². The van der Waals surface area contributed by atoms with E-state index < -0.39 is 0 Å². The Hall–Kier alpha value is -1.64. The van der Waals surface area contributed by atoms with Crippen molar-refractivity contribution >= 4 is 28.1 Å². The largest absolute Gasteiger partial charge is 0.383 e. The van der Waals surface area contributed by atoms with Gasteiger partial charge in [-0.1, -0.05) is 11.6 Å². The van der Waals surface area contributed by atoms with Crippen LogP contribution in [0.25, 0.3) is 5.69 Å². The Morgan fingerprint density at radius 1 is 1.40 bits per heavy atom. The summed E-state index contributed by atoms with van der Waals surface area (Å²) in [5, 5.41) is 13.8. The van der Waals surface area contributed by atoms with Crippen LogP contribution in [-0.2, 0) is 0 Å². The Morgan fingerprint density at radius 3 is 2.60 bits per heavy atom. The molecule has 0 fully saturated rings. The Labute approximate surface area is 95.3 Å². The zero-order chi connectivity index (χ0) is 10.8. The highest BCUT2D eigenvalue weighted by molar-refractivity contribution is 7.06. The summed E-state index contributed by atoms with van der Waals surface area (Å²) in [4.78, 5) is 0. The van der Waals surface area contributed by atoms with Crippen molar-refractivity contribution in [2.24, 2.45) is 0 Å². The van der Waals surface area contributed by atoms with Gasteiger partial charge in [0.2, 0.25) is 5.69 Å². The summed E-state index contributed by atoms with van der Waals surface area (Å²) in [6.45, 7) is 0. The van der Waals surface area contributed by atoms with Gasteiger partial charge in [0.05, 0.1) is 0 Å². The lowest BCUT2D eigenvalue weighted by atomic mass is 10.3. The summed E-state index contributed by atoms with van der Waals surface area (Å²) in [6, 6.07) is 9.06. The molecule has 4 nitrogen and oxygen atoms in total. The van der Waals surface area contributed by atoms with Gasteiger partial charge >= 0.3 is 0 Å². The van der Waals surface area contributed by atoms with E-state index in [1.807, 2.05) is 18.2 Å². The fraction of sp³-hybridized carbons (Fsp3) is 0. The molecular formula is C9H6ClN4S+. The number of hydrogen-bond acceptors (Lipinski definition) is 4. The van der Waals surface area contributed by atoms with Gasteiger partial charge in [-0.15, -0.1) is 0 Å². The van der Waals surface area contributed by atoms with Crippen LogP contribution in [-0.4, -0.2) is 5.10 Å². The highest BCUT2D eigenvalue weighted by atomic mass is 35.5. The molecule has 0 aliphatic heterocycles. The normalized spacial score (nSPS) is 9.87. The first-order chi connectivity index (χ1) is 7.20. The maximum absolute atomic E-state index is 8.70. The third kappa shape index (κ3) is 1.91. The summed E-state index contributed by atoms with van der Waals surface area (Å²) in [7, 11) is 0. The van der Waals surface area contributed by atoms with Crippen molar-refractivity contribution in [3.8, 4) is 11.8 Å². The van der Waals surface area contributed by atoms with Gasteiger partial charge in [-0.05, 0) is 12.1 Å². The lowest BCUT2D eigenvalue weighted by molar-refractivity contribution is -0.588. The maximum atomic E-state index is 8.70. The molecule has 0 bridgehead atoms. The van der Waals surface area contributed by atoms with E-state index in [-0.39, 0.29) is 5.69 Å². The molecule has 0 atom stereocenters. The number of benzene rings is 1. The fourth-order valence-electron chi connectivity index (χ4n) is 1.05. The zero-order valence-electron chi connectivity index (χ0n) is 7.51. The van der Waals surface area contributed by atoms with E-state index in [0.717, 1.165) is 5.69 Å². The predicted molar refractivity (Wildman–Crippen MR) is 57.8 cm³/mol. The second kappa shape index (κ2) is 3.85. The number of nitrogen functional groups attached to an aromatic ring is 1. The highest BCUT2D eigenvalue weighted by Gasteiger charge is 2.18. The Bertz CT molecular complexity index is 526. The number of aromatic nitrogens is 2. The van der Waals surface area contributed by atoms with Gasteiger partial charge in [0.15, 0.2) is 16.5 Å². The summed E-state index contributed by atoms with van der Waals surface area (Å²) in [6.07, 6.45) is 0. The first-order valence-corrected chi connectivity index (χ1v) is 5.21. The summed E-state index contributed by atoms with van der Waals surface area (Å²) >= 11 is 6.98. The van der Waals surface area contributed by atoms with Crippen molar-refractivity contribution in [1.82, 2.24) is 5.10 Å². The van der Waals surface area contributed by atoms with Crippen molar-refractivity contribution in [2.45, 2.75) is 0 Å². The molecule has 0 saturated carbocycles. The zero-order valence-corrected chi connectivity index (χ0v) is 9.09. The molecule has 15 heavy (non-hydrogen) atoms. The predicted octanol–water partition coefficient (Wildman–Crippen LogP) is 1.53. The average molecular weight is 238 g/mol. The molecule has 0 radical (unpaired) electrons. The van der Waals surface area contributed by atoms with Crippen molar-refractivity contribution in [1.29, 1.82) is 5.26 Å². The SMILES string of the molecule is N#Cc1n[n+](-c2ccc(Cl)cc2)sc1N. The minimum atomic E-state index is 0.245. The van der Waals surface area contributed by atoms with Gasteiger partial charge in [0.25, 0.3) is 5.69 Å². The van der Waals surface area contributed by atoms with Gasteiger partial charge in [-0.2, -0.15) is 5.26 Å². The van der Waals surface area contributed by atoms with Crippen LogP contribution in [0.15, 0.2) is 24.3 Å². The molecule has 6 heteroatoms. The van der Waals surface area contributed by atoms with E-state index in [9.17, 15) is 0 Å². The quantitative estimate of drug-likeness (QED) is 0.765. The molecule has 0 unspecified atom stereocenters. The number of nitriles is 1. The third-order valence-electron chi connectivity index (χ3n) is 1.76. The molecule has 0 amide bonds. The second-order valence-corrected chi connectivity index (χ2v) is 4.17. The van der Waals surface area contributed by atoms with Crippen LogP contribution in [0.4, 0.5) is 5.00 Å². The van der Waals surface area contributed by atoms with Gasteiger partial charge < -0.3 is 5.73 Å². The van der Waals surface area contributed by atoms with Crippen LogP contribution in [0.2, 0.25) is 5.02 Å². The van der Waals surface area contributed by atoms with E-state index in [0.29, 0.717) is 10.0 Å². The average Bonchev–Trinajstić information content (AvgIpc) is 2.61. The van der Waals surface area contributed by atoms with E-state index >= 15 is 0 Å². The molecule has 0 aliphatic carbocycles. The van der Waals surface area contributed by atoms with Crippen molar-refractivity contribution in [2.75, 3.05) is 5.73 Å². The van der Waals surface area contributed by atoms with Crippen LogP contribution in [0.3, 0.4) is 0 Å². The second-order valence-electron chi connectivity index (χ2n) is 2.77. The van der Waals surface area contributed by atoms with Crippen molar-refractivity contribution < 1.29 is 4.07 Å². The summed E-state index contributed by atoms with van der Waals surface area (Å²) in [5.41, 5.74) is 6.68. The topological polar surface area (TPSA) is 66.6 Å². The van der Waals surface area contributed by atoms with E-state index in [2.05, 4.69) is 5.10 Å². The monoisotopic (exact) mass is 237 g/mol. The highest BCUT2D eigenvalue weighted by Crippen LogP contribution is 2.14. The van der Waals surface area contributed by atoms with Crippen LogP contribution >= 0.6 is 23.1 Å². The minimum Gasteiger partial charge on any atom is -0.383 e. The number of halogens is 1. The fourth-order valence-corrected chi connectivity index (χ4v) is 1.89. The van der Waals surface area contributed by atoms with E-state index in [1.165, 1.54) is 11.5 Å². The third-order valence-corrected chi connectivity index (χ3v) is 2.87. The molecule has 2 aromatic rings. The smallest absolute Gasteiger partial charge is 0.253 e. The molecule has 0 saturated heterocycles. The first kappa shape index (κ1) is 9.90. The molecular weight excluding hydrogens is 232 g/mol. The number of rotatable bonds is 1. The lowest BCUT2D eigenvalue weighted by Crippen LogP contribution is -2.28. The molecule has 2 rings (SSSR count). The Kier molecular flexibility index (Phi) is 2.54. The van der Waals surface area contributed by atoms with Crippen LogP contribution in [0.5, 0.6) is 0 Å². The molecule has 0 aliphatic rings. The number of nitrogens with two attached hydrogens (primary N) is 1. The minimum absolute atomic E-state index is 0.245. The van der Waals surface area contributed by atoms with Crippen molar-refractivity contribution in [3.05, 3.63) is 35.0 Å². The standard InChI is InChI=1S/C9H5ClN4S/c10-6-1-3-7(4-2-6)14-13-8(5-11)9(12)15-14/h1-4,12H/p+1. The van der Waals surface area contributed by atoms with Gasteiger partial charge in [-0.25, -0.2) is 0 Å². The molecule has 0 spiro atoms. The maximum Gasteiger partial charge on any atom is 0.253 e. The lowest BCUT2D eigenvalue weighted by Gasteiger charge is -1.87. The van der Waals surface area contributed by atoms with Gasteiger partial charge in [0, 0.05) is 26.3 Å². The molecule has 1 heterocycles. The molecule has 74 valence electrons. The molecule has 2 N–H and O–H groups in total. The Morgan fingerprint density at radius 2 is 2.07 bits per heavy atom. The number of nitrogens with zero attached hydrogens (tertiary/aromatic N) is 3. The molecule has 1 aromatic carbocycles. The van der Waals surface area contributed by atoms with Gasteiger partial charge in [-0.3, -0.25) is 0 Å². The van der Waals surface area contributed by atoms with Crippen LogP contribution in [0, 0.1) is 11.3 Å². The van der Waals surface area contributed by atoms with E-state index in [4.69, 9.17) is 22.6 Å². The van der Waals surface area contributed by atoms with E-state index in [1.54, 1.807) is 16.2 Å². The summed E-state index contributed by atoms with van der Waals surface area (Å²) < 4.78 is 1.59.